The molecule has 0 aliphatic heterocycles. The summed E-state index contributed by atoms with van der Waals surface area (Å²) in [4.78, 5) is 0. The van der Waals surface area contributed by atoms with E-state index in [4.69, 9.17) is 33.9 Å². The third-order valence-corrected chi connectivity index (χ3v) is 4.96. The molecule has 0 saturated heterocycles. The van der Waals surface area contributed by atoms with Crippen LogP contribution in [-0.2, 0) is 21.5 Å². The molecule has 0 spiro atoms. The van der Waals surface area contributed by atoms with E-state index >= 15 is 0 Å². The Morgan fingerprint density at radius 3 is 1.68 bits per heavy atom. The molecule has 0 aliphatic carbocycles. The van der Waals surface area contributed by atoms with Gasteiger partial charge in [-0.25, -0.2) is 0 Å². The van der Waals surface area contributed by atoms with E-state index in [0.717, 1.165) is 6.04 Å². The molecule has 1 radical (unpaired) electrons. The number of benzene rings is 2. The molecule has 0 aromatic heterocycles. The zero-order valence-electron chi connectivity index (χ0n) is 17.2. The summed E-state index contributed by atoms with van der Waals surface area (Å²) in [6, 6.07) is 20.1. The first-order valence-corrected chi connectivity index (χ1v) is 15.3. The van der Waals surface area contributed by atoms with E-state index in [1.807, 2.05) is 27.3 Å². The van der Waals surface area contributed by atoms with Crippen LogP contribution < -0.4 is 0 Å². The normalized spacial score (nSPS) is 10.4. The summed E-state index contributed by atoms with van der Waals surface area (Å²) in [7, 11) is 10.8. The summed E-state index contributed by atoms with van der Waals surface area (Å²) in [5, 5.41) is 13.7. The van der Waals surface area contributed by atoms with Gasteiger partial charge < -0.3 is 15.3 Å². The van der Waals surface area contributed by atoms with E-state index in [0.29, 0.717) is 0 Å². The van der Waals surface area contributed by atoms with Crippen molar-refractivity contribution in [3.63, 3.8) is 0 Å². The first-order valence-electron chi connectivity index (χ1n) is 8.89. The van der Waals surface area contributed by atoms with Crippen LogP contribution in [0.25, 0.3) is 27.3 Å². The first kappa shape index (κ1) is 27.7. The Hall–Kier alpha value is -0.299. The molecule has 3 aromatic carbocycles. The second-order valence-electron chi connectivity index (χ2n) is 7.02. The molecule has 0 saturated carbocycles. The SMILES string of the molecule is CC(C)(C)[NH-].CO[Si](C)CCO.[Cl][Ti][Cl].c1ccc2c(c1)[cH-]c1ccccc12. The molecule has 0 atom stereocenters. The largest absolute Gasteiger partial charge is 0.126 e. The number of nitrogens with one attached hydrogen (secondary N) is 1. The van der Waals surface area contributed by atoms with Gasteiger partial charge in [0, 0.05) is 13.7 Å². The van der Waals surface area contributed by atoms with Gasteiger partial charge in [0.25, 0.3) is 0 Å². The van der Waals surface area contributed by atoms with Crippen molar-refractivity contribution in [3.05, 3.63) is 60.3 Å². The quantitative estimate of drug-likeness (QED) is 0.323. The van der Waals surface area contributed by atoms with Crippen LogP contribution in [0, 0.1) is 0 Å². The summed E-state index contributed by atoms with van der Waals surface area (Å²) in [6.07, 6.45) is 0. The predicted molar refractivity (Wildman–Crippen MR) is 123 cm³/mol. The Bertz CT molecular complexity index is 721. The molecule has 0 heterocycles. The Morgan fingerprint density at radius 1 is 1.04 bits per heavy atom. The molecular formula is C21H30Cl2NO2SiTi-2. The van der Waals surface area contributed by atoms with Crippen molar-refractivity contribution in [3.8, 4) is 0 Å². The second-order valence-corrected chi connectivity index (χ2v) is 11.9. The maximum atomic E-state index is 8.31. The van der Waals surface area contributed by atoms with Crippen molar-refractivity contribution < 1.29 is 26.6 Å². The Balaban J connectivity index is 0.000000416. The van der Waals surface area contributed by atoms with Gasteiger partial charge in [0.15, 0.2) is 0 Å². The number of fused-ring (bicyclic) bond motifs is 3. The maximum Gasteiger partial charge on any atom is -0.0771 e. The van der Waals surface area contributed by atoms with Gasteiger partial charge in [0.05, 0.1) is 0 Å². The van der Waals surface area contributed by atoms with Gasteiger partial charge in [-0.05, 0) is 12.6 Å². The van der Waals surface area contributed by atoms with Gasteiger partial charge in [-0.2, -0.15) is 0 Å². The minimum absolute atomic E-state index is 0.250. The van der Waals surface area contributed by atoms with Crippen LogP contribution in [0.15, 0.2) is 54.6 Å². The average molecular weight is 475 g/mol. The van der Waals surface area contributed by atoms with Crippen LogP contribution in [0.5, 0.6) is 0 Å². The van der Waals surface area contributed by atoms with Gasteiger partial charge >= 0.3 is 35.6 Å². The number of hydrogen-bond acceptors (Lipinski definition) is 2. The molecule has 0 bridgehead atoms. The van der Waals surface area contributed by atoms with Crippen LogP contribution in [-0.4, -0.2) is 33.4 Å². The van der Waals surface area contributed by atoms with Crippen LogP contribution in [0.2, 0.25) is 12.6 Å². The standard InChI is InChI=1S/C13H9.C4H10N.C4H11O2Si.2ClH.Ti/c1-3-7-12-10(5-1)9-11-6-2-4-8-13(11)12;1-4(2,3)5;1-6-7(2)4-3-5;;;/h1-9H;5H,1-3H3;5H,3-4H2,1-2H3;2*1H;/q2*-1;;;;+2/p-2. The molecule has 7 heteroatoms. The zero-order valence-corrected chi connectivity index (χ0v) is 21.3. The Labute approximate surface area is 187 Å². The fourth-order valence-corrected chi connectivity index (χ4v) is 2.68. The van der Waals surface area contributed by atoms with Crippen LogP contribution >= 0.6 is 18.6 Å². The van der Waals surface area contributed by atoms with Gasteiger partial charge in [-0.15, -0.1) is 45.3 Å². The number of rotatable bonds is 3. The minimum atomic E-state index is -0.630. The van der Waals surface area contributed by atoms with Crippen molar-refractivity contribution in [1.82, 2.24) is 0 Å². The topological polar surface area (TPSA) is 53.3 Å². The van der Waals surface area contributed by atoms with Crippen LogP contribution in [0.3, 0.4) is 0 Å². The molecule has 3 aromatic rings. The molecular weight excluding hydrogens is 445 g/mol. The predicted octanol–water partition coefficient (Wildman–Crippen LogP) is 7.17. The van der Waals surface area contributed by atoms with E-state index in [1.54, 1.807) is 7.11 Å². The maximum absolute atomic E-state index is 8.31. The third-order valence-electron chi connectivity index (χ3n) is 3.34. The fraction of sp³-hybridized carbons (Fsp3) is 0.381. The molecule has 3 nitrogen and oxygen atoms in total. The van der Waals surface area contributed by atoms with Crippen molar-refractivity contribution in [2.24, 2.45) is 0 Å². The van der Waals surface area contributed by atoms with E-state index in [-0.39, 0.29) is 12.1 Å². The summed E-state index contributed by atoms with van der Waals surface area (Å²) < 4.78 is 4.93. The summed E-state index contributed by atoms with van der Waals surface area (Å²) >= 11 is -0.556. The molecule has 0 fully saturated rings. The molecule has 155 valence electrons. The molecule has 3 rings (SSSR count). The Morgan fingerprint density at radius 2 is 1.39 bits per heavy atom. The molecule has 2 N–H and O–H groups in total. The van der Waals surface area contributed by atoms with Crippen LogP contribution in [0.4, 0.5) is 0 Å². The smallest absolute Gasteiger partial charge is 0.0771 e. The molecule has 0 aliphatic rings. The molecule has 0 amide bonds. The van der Waals surface area contributed by atoms with Gasteiger partial charge in [-0.3, -0.25) is 0 Å². The van der Waals surface area contributed by atoms with Crippen LogP contribution in [0.1, 0.15) is 20.8 Å². The first-order chi connectivity index (χ1) is 13.2. The van der Waals surface area contributed by atoms with E-state index in [2.05, 4.69) is 54.6 Å². The summed E-state index contributed by atoms with van der Waals surface area (Å²) in [5.74, 6) is 0. The third kappa shape index (κ3) is 13.0. The Kier molecular flexibility index (Phi) is 15.4. The van der Waals surface area contributed by atoms with Crippen molar-refractivity contribution in [2.75, 3.05) is 13.7 Å². The van der Waals surface area contributed by atoms with Gasteiger partial charge in [0.1, 0.15) is 0 Å². The number of aliphatic hydroxyl groups is 1. The van der Waals surface area contributed by atoms with Crippen molar-refractivity contribution >= 4 is 49.2 Å². The fourth-order valence-electron chi connectivity index (χ4n) is 2.16. The monoisotopic (exact) mass is 474 g/mol. The summed E-state index contributed by atoms with van der Waals surface area (Å²) in [6.45, 7) is 7.85. The van der Waals surface area contributed by atoms with E-state index < -0.39 is 26.1 Å². The van der Waals surface area contributed by atoms with Crippen molar-refractivity contribution in [2.45, 2.75) is 38.9 Å². The second kappa shape index (κ2) is 15.5. The average Bonchev–Trinajstić information content (AvgIpc) is 3.00. The zero-order chi connectivity index (χ0) is 21.6. The minimum Gasteiger partial charge on any atom is -0.126 e. The molecule has 0 unspecified atom stereocenters. The van der Waals surface area contributed by atoms with Gasteiger partial charge in [0.2, 0.25) is 9.04 Å². The number of halogens is 2. The van der Waals surface area contributed by atoms with Gasteiger partial charge in [-0.1, -0.05) is 57.2 Å². The number of aliphatic hydroxyl groups excluding tert-OH is 1. The van der Waals surface area contributed by atoms with E-state index in [1.165, 1.54) is 21.5 Å². The van der Waals surface area contributed by atoms with Crippen molar-refractivity contribution in [1.29, 1.82) is 0 Å². The molecule has 28 heavy (non-hydrogen) atoms. The van der Waals surface area contributed by atoms with E-state index in [9.17, 15) is 0 Å². The summed E-state index contributed by atoms with van der Waals surface area (Å²) in [5.41, 5.74) is 6.69. The number of hydrogen-bond donors (Lipinski definition) is 1.